The van der Waals surface area contributed by atoms with Gasteiger partial charge in [-0.3, -0.25) is 0 Å². The van der Waals surface area contributed by atoms with Gasteiger partial charge in [-0.15, -0.1) is 0 Å². The van der Waals surface area contributed by atoms with E-state index in [2.05, 4.69) is 156 Å². The molecule has 9 aromatic carbocycles. The minimum Gasteiger partial charge on any atom is -0.456 e. The Morgan fingerprint density at radius 3 is 1.89 bits per heavy atom. The molecule has 1 aliphatic heterocycles. The minimum atomic E-state index is 0.616. The van der Waals surface area contributed by atoms with Crippen molar-refractivity contribution in [3.8, 4) is 62.5 Å². The summed E-state index contributed by atoms with van der Waals surface area (Å²) in [6, 6.07) is 63.9. The van der Waals surface area contributed by atoms with Crippen molar-refractivity contribution in [3.63, 3.8) is 0 Å². The van der Waals surface area contributed by atoms with Crippen LogP contribution in [-0.2, 0) is 0 Å². The van der Waals surface area contributed by atoms with Gasteiger partial charge >= 0.3 is 0 Å². The van der Waals surface area contributed by atoms with E-state index in [1.165, 1.54) is 32.4 Å². The summed E-state index contributed by atoms with van der Waals surface area (Å²) in [4.78, 5) is 15.3. The zero-order valence-electron chi connectivity index (χ0n) is 30.0. The molecule has 0 N–H and O–H groups in total. The minimum absolute atomic E-state index is 0.616. The van der Waals surface area contributed by atoms with Crippen molar-refractivity contribution in [2.75, 3.05) is 0 Å². The van der Waals surface area contributed by atoms with Crippen LogP contribution in [0.2, 0.25) is 0 Å². The van der Waals surface area contributed by atoms with E-state index in [0.717, 1.165) is 66.7 Å². The first-order valence-corrected chi connectivity index (χ1v) is 18.8. The lowest BCUT2D eigenvalue weighted by molar-refractivity contribution is 0.487. The number of hydrogen-bond acceptors (Lipinski definition) is 4. The van der Waals surface area contributed by atoms with Gasteiger partial charge in [-0.25, -0.2) is 15.0 Å². The molecule has 0 saturated carbocycles. The van der Waals surface area contributed by atoms with Gasteiger partial charge in [-0.1, -0.05) is 127 Å². The monoisotopic (exact) mass is 714 g/mol. The van der Waals surface area contributed by atoms with Crippen LogP contribution >= 0.6 is 0 Å². The molecule has 0 spiro atoms. The summed E-state index contributed by atoms with van der Waals surface area (Å²) in [5.74, 6) is 3.51. The normalized spacial score (nSPS) is 12.1. The lowest BCUT2D eigenvalue weighted by Gasteiger charge is -2.23. The van der Waals surface area contributed by atoms with E-state index in [1.807, 2.05) is 30.3 Å². The highest BCUT2D eigenvalue weighted by molar-refractivity contribution is 6.14. The quantitative estimate of drug-likeness (QED) is 0.182. The molecule has 3 heterocycles. The summed E-state index contributed by atoms with van der Waals surface area (Å²) in [5.41, 5.74) is 8.35. The number of benzene rings is 9. The van der Waals surface area contributed by atoms with E-state index >= 15 is 0 Å². The van der Waals surface area contributed by atoms with E-state index in [4.69, 9.17) is 19.7 Å². The third kappa shape index (κ3) is 4.71. The number of para-hydroxylation sites is 1. The van der Waals surface area contributed by atoms with Crippen LogP contribution in [0.1, 0.15) is 0 Å². The molecule has 0 aliphatic carbocycles. The van der Waals surface area contributed by atoms with Crippen LogP contribution in [0, 0.1) is 0 Å². The number of rotatable bonds is 4. The average molecular weight is 715 g/mol. The van der Waals surface area contributed by atoms with Gasteiger partial charge in [0.1, 0.15) is 11.5 Å². The third-order valence-electron chi connectivity index (χ3n) is 11.2. The SMILES string of the molecule is c1ccc(-c2nc(-c3ccc4ccccc4c3)nc(-c3ccc4c5c(cccc35)-c3ccc(-n5c6ccccc6c6cc7ccccc7cc65)cc3O4)n2)cc1. The lowest BCUT2D eigenvalue weighted by Crippen LogP contribution is -2.03. The second-order valence-electron chi connectivity index (χ2n) is 14.4. The number of hydrogen-bond donors (Lipinski definition) is 0. The van der Waals surface area contributed by atoms with E-state index in [1.54, 1.807) is 0 Å². The highest BCUT2D eigenvalue weighted by Crippen LogP contribution is 2.49. The third-order valence-corrected chi connectivity index (χ3v) is 11.2. The molecule has 11 aromatic rings. The summed E-state index contributed by atoms with van der Waals surface area (Å²) in [6.07, 6.45) is 0. The predicted molar refractivity (Wildman–Crippen MR) is 229 cm³/mol. The fraction of sp³-hybridized carbons (Fsp3) is 0. The van der Waals surface area contributed by atoms with E-state index in [9.17, 15) is 0 Å². The van der Waals surface area contributed by atoms with Gasteiger partial charge in [0.2, 0.25) is 0 Å². The van der Waals surface area contributed by atoms with Gasteiger partial charge in [0, 0.05) is 50.2 Å². The van der Waals surface area contributed by atoms with Crippen LogP contribution in [0.5, 0.6) is 11.5 Å². The standard InChI is InChI=1S/C51H30N4O/c1-2-12-32(13-3-1)49-52-50(36-22-21-31-11-4-5-14-33(31)27-36)54-51(53-49)42-25-26-46-48-40(18-10-19-41(42)48)39-24-23-37(30-47(39)56-46)55-44-20-9-8-17-38(44)43-28-34-15-6-7-16-35(34)29-45(43)55/h1-30H. The molecule has 0 atom stereocenters. The number of nitrogens with zero attached hydrogens (tertiary/aromatic N) is 4. The molecule has 1 aliphatic rings. The molecule has 0 amide bonds. The van der Waals surface area contributed by atoms with Gasteiger partial charge in [0.05, 0.1) is 11.0 Å². The molecule has 0 radical (unpaired) electrons. The van der Waals surface area contributed by atoms with Gasteiger partial charge in [0.25, 0.3) is 0 Å². The molecule has 0 fully saturated rings. The molecule has 0 bridgehead atoms. The van der Waals surface area contributed by atoms with Crippen molar-refractivity contribution in [2.45, 2.75) is 0 Å². The molecule has 0 saturated heterocycles. The van der Waals surface area contributed by atoms with E-state index < -0.39 is 0 Å². The first kappa shape index (κ1) is 30.8. The molecular weight excluding hydrogens is 685 g/mol. The van der Waals surface area contributed by atoms with Crippen molar-refractivity contribution in [2.24, 2.45) is 0 Å². The Labute approximate surface area is 321 Å². The van der Waals surface area contributed by atoms with Gasteiger partial charge in [-0.05, 0) is 81.0 Å². The Morgan fingerprint density at radius 1 is 0.357 bits per heavy atom. The zero-order valence-corrected chi connectivity index (χ0v) is 30.0. The molecular formula is C51H30N4O. The maximum Gasteiger partial charge on any atom is 0.164 e. The maximum absolute atomic E-state index is 6.83. The van der Waals surface area contributed by atoms with Crippen molar-refractivity contribution in [1.29, 1.82) is 0 Å². The second-order valence-corrected chi connectivity index (χ2v) is 14.4. The Kier molecular flexibility index (Phi) is 6.56. The maximum atomic E-state index is 6.83. The van der Waals surface area contributed by atoms with Crippen molar-refractivity contribution < 1.29 is 4.74 Å². The number of aromatic nitrogens is 4. The van der Waals surface area contributed by atoms with Gasteiger partial charge in [0.15, 0.2) is 17.5 Å². The molecule has 0 unspecified atom stereocenters. The largest absolute Gasteiger partial charge is 0.456 e. The first-order valence-electron chi connectivity index (χ1n) is 18.8. The van der Waals surface area contributed by atoms with Crippen LogP contribution in [0.4, 0.5) is 0 Å². The molecule has 5 heteroatoms. The molecule has 2 aromatic heterocycles. The molecule has 5 nitrogen and oxygen atoms in total. The second kappa shape index (κ2) is 11.9. The fourth-order valence-corrected chi connectivity index (χ4v) is 8.56. The number of fused-ring (bicyclic) bond motifs is 7. The van der Waals surface area contributed by atoms with Crippen molar-refractivity contribution in [3.05, 3.63) is 182 Å². The summed E-state index contributed by atoms with van der Waals surface area (Å²) in [5, 5.41) is 9.30. The van der Waals surface area contributed by atoms with E-state index in [-0.39, 0.29) is 0 Å². The van der Waals surface area contributed by atoms with Crippen LogP contribution in [-0.4, -0.2) is 19.5 Å². The summed E-state index contributed by atoms with van der Waals surface area (Å²) >= 11 is 0. The zero-order chi connectivity index (χ0) is 36.7. The predicted octanol–water partition coefficient (Wildman–Crippen LogP) is 13.2. The fourth-order valence-electron chi connectivity index (χ4n) is 8.56. The Morgan fingerprint density at radius 2 is 1.04 bits per heavy atom. The molecule has 56 heavy (non-hydrogen) atoms. The lowest BCUT2D eigenvalue weighted by atomic mass is 9.92. The topological polar surface area (TPSA) is 52.8 Å². The van der Waals surface area contributed by atoms with Crippen LogP contribution < -0.4 is 4.74 Å². The molecule has 260 valence electrons. The van der Waals surface area contributed by atoms with Gasteiger partial charge < -0.3 is 9.30 Å². The van der Waals surface area contributed by atoms with Crippen LogP contribution in [0.3, 0.4) is 0 Å². The highest BCUT2D eigenvalue weighted by Gasteiger charge is 2.24. The van der Waals surface area contributed by atoms with E-state index in [0.29, 0.717) is 17.5 Å². The van der Waals surface area contributed by atoms with Crippen LogP contribution in [0.15, 0.2) is 182 Å². The Hall–Kier alpha value is -7.63. The smallest absolute Gasteiger partial charge is 0.164 e. The Balaban J connectivity index is 1.02. The highest BCUT2D eigenvalue weighted by atomic mass is 16.5. The average Bonchev–Trinajstić information content (AvgIpc) is 3.58. The van der Waals surface area contributed by atoms with Crippen molar-refractivity contribution >= 4 is 54.1 Å². The first-order chi connectivity index (χ1) is 27.7. The van der Waals surface area contributed by atoms with Gasteiger partial charge in [-0.2, -0.15) is 0 Å². The Bertz CT molecular complexity index is 3400. The van der Waals surface area contributed by atoms with Crippen LogP contribution in [0.25, 0.3) is 105 Å². The summed E-state index contributed by atoms with van der Waals surface area (Å²) in [6.45, 7) is 0. The summed E-state index contributed by atoms with van der Waals surface area (Å²) in [7, 11) is 0. The summed E-state index contributed by atoms with van der Waals surface area (Å²) < 4.78 is 9.19. The van der Waals surface area contributed by atoms with Crippen molar-refractivity contribution in [1.82, 2.24) is 19.5 Å². The number of ether oxygens (including phenoxy) is 1. The molecule has 12 rings (SSSR count).